The molecule has 2 amide bonds. The Bertz CT molecular complexity index is 1740. The van der Waals surface area contributed by atoms with Crippen LogP contribution >= 0.6 is 11.3 Å². The van der Waals surface area contributed by atoms with Crippen LogP contribution in [0.2, 0.25) is 0 Å². The van der Waals surface area contributed by atoms with E-state index in [1.807, 2.05) is 0 Å². The van der Waals surface area contributed by atoms with Crippen LogP contribution in [0.15, 0.2) is 66.9 Å². The molecule has 1 aliphatic rings. The molecule has 5 rings (SSSR count). The first-order chi connectivity index (χ1) is 21.1. The molecule has 3 heterocycles. The summed E-state index contributed by atoms with van der Waals surface area (Å²) in [7, 11) is 0. The van der Waals surface area contributed by atoms with Crippen molar-refractivity contribution in [3.8, 4) is 11.1 Å². The Morgan fingerprint density at radius 2 is 1.69 bits per heavy atom. The molecule has 4 N–H and O–H groups in total. The number of piperidine rings is 1. The zero-order valence-corrected chi connectivity index (χ0v) is 24.2. The van der Waals surface area contributed by atoms with Crippen LogP contribution in [0.3, 0.4) is 0 Å². The highest BCUT2D eigenvalue weighted by molar-refractivity contribution is 7.19. The largest absolute Gasteiger partial charge is 0.417 e. The van der Waals surface area contributed by atoms with Crippen LogP contribution in [-0.4, -0.2) is 51.7 Å². The van der Waals surface area contributed by atoms with Crippen molar-refractivity contribution in [3.05, 3.63) is 88.4 Å². The topological polar surface area (TPSA) is 109 Å². The van der Waals surface area contributed by atoms with Crippen LogP contribution in [0, 0.1) is 0 Å². The van der Waals surface area contributed by atoms with Crippen molar-refractivity contribution in [2.75, 3.05) is 18.8 Å². The molecule has 0 aliphatic carbocycles. The predicted octanol–water partition coefficient (Wildman–Crippen LogP) is 6.42. The van der Waals surface area contributed by atoms with E-state index >= 15 is 0 Å². The molecular weight excluding hydrogens is 622 g/mol. The van der Waals surface area contributed by atoms with Crippen LogP contribution in [0.25, 0.3) is 27.3 Å². The van der Waals surface area contributed by atoms with E-state index in [-0.39, 0.29) is 35.5 Å². The van der Waals surface area contributed by atoms with Gasteiger partial charge in [-0.15, -0.1) is 11.3 Å². The number of aliphatic hydroxyl groups is 1. The molecule has 0 bridgehead atoms. The van der Waals surface area contributed by atoms with E-state index in [0.717, 1.165) is 17.4 Å². The summed E-state index contributed by atoms with van der Waals surface area (Å²) in [6.45, 7) is -0.582. The molecule has 4 aromatic rings. The van der Waals surface area contributed by atoms with Gasteiger partial charge >= 0.3 is 12.4 Å². The number of alkyl halides is 6. The van der Waals surface area contributed by atoms with E-state index in [1.54, 1.807) is 24.3 Å². The Hall–Kier alpha value is -4.43. The van der Waals surface area contributed by atoms with Gasteiger partial charge in [0.2, 0.25) is 5.91 Å². The summed E-state index contributed by atoms with van der Waals surface area (Å²) in [6.07, 6.45) is -6.47. The molecule has 236 valence electrons. The zero-order valence-electron chi connectivity index (χ0n) is 23.4. The SMILES string of the molecule is Nc1ccc(/C=C/C(=O)NCc2cc3cc(-c4ccc(C(=O)N5CCC(O)(C(F)(F)F)CC5)cc4)cc(C(F)(F)F)c3s2)cn1. The first-order valence-electron chi connectivity index (χ1n) is 13.6. The van der Waals surface area contributed by atoms with E-state index in [9.17, 15) is 41.0 Å². The predicted molar refractivity (Wildman–Crippen MR) is 158 cm³/mol. The maximum absolute atomic E-state index is 14.1. The fourth-order valence-electron chi connectivity index (χ4n) is 4.94. The molecule has 0 unspecified atom stereocenters. The number of carbonyl (C=O) groups excluding carboxylic acids is 2. The Morgan fingerprint density at radius 3 is 2.29 bits per heavy atom. The smallest absolute Gasteiger partial charge is 0.384 e. The molecule has 14 heteroatoms. The fraction of sp³-hybridized carbons (Fsp3) is 0.258. The van der Waals surface area contributed by atoms with Crippen molar-refractivity contribution in [3.63, 3.8) is 0 Å². The van der Waals surface area contributed by atoms with E-state index < -0.39 is 48.2 Å². The average Bonchev–Trinajstić information content (AvgIpc) is 3.41. The summed E-state index contributed by atoms with van der Waals surface area (Å²) in [5, 5.41) is 12.8. The minimum Gasteiger partial charge on any atom is -0.384 e. The van der Waals surface area contributed by atoms with Gasteiger partial charge in [-0.3, -0.25) is 9.59 Å². The summed E-state index contributed by atoms with van der Waals surface area (Å²) in [4.78, 5) is 30.8. The number of aromatic nitrogens is 1. The molecule has 45 heavy (non-hydrogen) atoms. The van der Waals surface area contributed by atoms with Gasteiger partial charge < -0.3 is 21.1 Å². The Balaban J connectivity index is 1.31. The Morgan fingerprint density at radius 1 is 1.00 bits per heavy atom. The van der Waals surface area contributed by atoms with E-state index in [2.05, 4.69) is 10.3 Å². The van der Waals surface area contributed by atoms with Crippen LogP contribution in [0.4, 0.5) is 32.2 Å². The number of carbonyl (C=O) groups is 2. The number of rotatable bonds is 6. The third kappa shape index (κ3) is 7.12. The number of nitrogen functional groups attached to an aromatic ring is 1. The molecule has 2 aromatic carbocycles. The summed E-state index contributed by atoms with van der Waals surface area (Å²) in [5.74, 6) is -0.656. The summed E-state index contributed by atoms with van der Waals surface area (Å²) >= 11 is 0.915. The van der Waals surface area contributed by atoms with Gasteiger partial charge in [-0.05, 0) is 70.6 Å². The molecule has 1 aliphatic heterocycles. The first kappa shape index (κ1) is 32.0. The molecule has 1 fully saturated rings. The second-order valence-electron chi connectivity index (χ2n) is 10.6. The molecule has 7 nitrogen and oxygen atoms in total. The Kier molecular flexibility index (Phi) is 8.64. The lowest BCUT2D eigenvalue weighted by molar-refractivity contribution is -0.271. The number of likely N-dealkylation sites (tertiary alicyclic amines) is 1. The van der Waals surface area contributed by atoms with Gasteiger partial charge in [-0.2, -0.15) is 26.3 Å². The number of nitrogens with one attached hydrogen (secondary N) is 1. The number of thiophene rings is 1. The molecular formula is C31H26F6N4O3S. The van der Waals surface area contributed by atoms with Crippen LogP contribution < -0.4 is 11.1 Å². The average molecular weight is 649 g/mol. The second kappa shape index (κ2) is 12.2. The standard InChI is InChI=1S/C31H26F6N4O3S/c32-30(33,34)24-15-21(19-3-5-20(6-4-19)28(43)41-11-9-29(44,10-12-41)31(35,36)37)13-22-14-23(45-27(22)24)17-40-26(42)8-2-18-1-7-25(38)39-16-18/h1-8,13-16,44H,9-12,17H2,(H2,38,39)(H,40,42)/b8-2+. The van der Waals surface area contributed by atoms with Gasteiger partial charge in [-0.1, -0.05) is 12.1 Å². The summed E-state index contributed by atoms with van der Waals surface area (Å²) < 4.78 is 81.6. The van der Waals surface area contributed by atoms with Crippen molar-refractivity contribution in [1.82, 2.24) is 15.2 Å². The van der Waals surface area contributed by atoms with Gasteiger partial charge in [-0.25, -0.2) is 4.98 Å². The maximum Gasteiger partial charge on any atom is 0.417 e. The van der Waals surface area contributed by atoms with Crippen molar-refractivity contribution in [2.45, 2.75) is 37.3 Å². The van der Waals surface area contributed by atoms with E-state index in [0.29, 0.717) is 27.2 Å². The van der Waals surface area contributed by atoms with Crippen LogP contribution in [0.5, 0.6) is 0 Å². The third-order valence-electron chi connectivity index (χ3n) is 7.52. The van der Waals surface area contributed by atoms with E-state index in [1.165, 1.54) is 47.5 Å². The van der Waals surface area contributed by atoms with Crippen molar-refractivity contribution < 1.29 is 41.0 Å². The van der Waals surface area contributed by atoms with Crippen molar-refractivity contribution >= 4 is 45.1 Å². The first-order valence-corrected chi connectivity index (χ1v) is 14.4. The molecule has 0 atom stereocenters. The number of anilines is 1. The van der Waals surface area contributed by atoms with Crippen molar-refractivity contribution in [2.24, 2.45) is 0 Å². The minimum atomic E-state index is -4.80. The van der Waals surface area contributed by atoms with Gasteiger partial charge in [0.05, 0.1) is 12.1 Å². The van der Waals surface area contributed by atoms with E-state index in [4.69, 9.17) is 5.73 Å². The normalized spacial score (nSPS) is 15.5. The lowest BCUT2D eigenvalue weighted by Crippen LogP contribution is -2.54. The monoisotopic (exact) mass is 648 g/mol. The quantitative estimate of drug-likeness (QED) is 0.165. The number of amides is 2. The highest BCUT2D eigenvalue weighted by atomic mass is 32.1. The lowest BCUT2D eigenvalue weighted by Gasteiger charge is -2.39. The number of nitrogens with two attached hydrogens (primary N) is 1. The number of hydrogen-bond acceptors (Lipinski definition) is 6. The molecule has 0 spiro atoms. The highest BCUT2D eigenvalue weighted by Gasteiger charge is 2.55. The fourth-order valence-corrected chi connectivity index (χ4v) is 6.05. The lowest BCUT2D eigenvalue weighted by atomic mass is 9.90. The number of hydrogen-bond donors (Lipinski definition) is 3. The summed E-state index contributed by atoms with van der Waals surface area (Å²) in [5.41, 5.74) is 3.28. The number of pyridine rings is 1. The number of fused-ring (bicyclic) bond motifs is 1. The number of halogens is 6. The summed E-state index contributed by atoms with van der Waals surface area (Å²) in [6, 6.07) is 13.2. The van der Waals surface area contributed by atoms with Crippen LogP contribution in [-0.2, 0) is 17.5 Å². The number of benzene rings is 2. The highest BCUT2D eigenvalue weighted by Crippen LogP contribution is 2.42. The van der Waals surface area contributed by atoms with Crippen molar-refractivity contribution in [1.29, 1.82) is 0 Å². The molecule has 0 radical (unpaired) electrons. The number of nitrogens with zero attached hydrogens (tertiary/aromatic N) is 2. The van der Waals surface area contributed by atoms with Gasteiger partial charge in [0.15, 0.2) is 5.60 Å². The van der Waals surface area contributed by atoms with Crippen LogP contribution in [0.1, 0.15) is 39.2 Å². The van der Waals surface area contributed by atoms with Gasteiger partial charge in [0.1, 0.15) is 5.82 Å². The Labute approximate surface area is 257 Å². The van der Waals surface area contributed by atoms with Gasteiger partial charge in [0.25, 0.3) is 5.91 Å². The zero-order chi connectivity index (χ0) is 32.6. The minimum absolute atomic E-state index is 0.00280. The molecule has 2 aromatic heterocycles. The van der Waals surface area contributed by atoms with Gasteiger partial charge in [0, 0.05) is 53.3 Å². The molecule has 0 saturated carbocycles. The maximum atomic E-state index is 14.1. The third-order valence-corrected chi connectivity index (χ3v) is 8.70. The molecule has 1 saturated heterocycles. The second-order valence-corrected chi connectivity index (χ2v) is 11.8.